The molecule has 0 saturated heterocycles. The summed E-state index contributed by atoms with van der Waals surface area (Å²) in [6.07, 6.45) is -0.401. The topological polar surface area (TPSA) is 90.9 Å². The van der Waals surface area contributed by atoms with Crippen LogP contribution in [0, 0.1) is 0 Å². The summed E-state index contributed by atoms with van der Waals surface area (Å²) in [6, 6.07) is 15.0. The van der Waals surface area contributed by atoms with Gasteiger partial charge >= 0.3 is 6.09 Å². The molecule has 1 atom stereocenters. The fourth-order valence-corrected chi connectivity index (χ4v) is 2.32. The van der Waals surface area contributed by atoms with Gasteiger partial charge in [-0.25, -0.2) is 10.2 Å². The Bertz CT molecular complexity index is 719. The summed E-state index contributed by atoms with van der Waals surface area (Å²) >= 11 is 0. The number of hydrazine groups is 1. The van der Waals surface area contributed by atoms with E-state index in [4.69, 9.17) is 4.74 Å². The van der Waals surface area contributed by atoms with E-state index in [1.807, 2.05) is 30.3 Å². The van der Waals surface area contributed by atoms with Crippen molar-refractivity contribution in [2.45, 2.75) is 19.1 Å². The molecule has 0 aliphatic heterocycles. The minimum absolute atomic E-state index is 0.120. The Hall–Kier alpha value is -3.06. The number of phenols is 1. The van der Waals surface area contributed by atoms with Crippen molar-refractivity contribution in [1.82, 2.24) is 15.8 Å². The van der Waals surface area contributed by atoms with Crippen LogP contribution >= 0.6 is 0 Å². The second kappa shape index (κ2) is 9.43. The van der Waals surface area contributed by atoms with Gasteiger partial charge in [0.2, 0.25) is 0 Å². The average molecular weight is 357 g/mol. The Labute approximate surface area is 152 Å². The first-order valence-electron chi connectivity index (χ1n) is 8.19. The number of phenolic OH excluding ortho intramolecular Hbond substituents is 1. The van der Waals surface area contributed by atoms with Gasteiger partial charge < -0.3 is 15.2 Å². The molecular weight excluding hydrogens is 334 g/mol. The van der Waals surface area contributed by atoms with Crippen LogP contribution in [0.25, 0.3) is 0 Å². The van der Waals surface area contributed by atoms with Gasteiger partial charge in [0, 0.05) is 20.5 Å². The molecule has 138 valence electrons. The van der Waals surface area contributed by atoms with E-state index in [1.54, 1.807) is 26.2 Å². The van der Waals surface area contributed by atoms with Gasteiger partial charge in [0.25, 0.3) is 5.91 Å². The van der Waals surface area contributed by atoms with Crippen molar-refractivity contribution in [3.8, 4) is 5.75 Å². The van der Waals surface area contributed by atoms with E-state index in [9.17, 15) is 14.7 Å². The van der Waals surface area contributed by atoms with Gasteiger partial charge in [0.1, 0.15) is 18.4 Å². The highest BCUT2D eigenvalue weighted by molar-refractivity contribution is 5.85. The molecule has 2 aromatic carbocycles. The minimum Gasteiger partial charge on any atom is -0.508 e. The smallest absolute Gasteiger partial charge is 0.408 e. The second-order valence-corrected chi connectivity index (χ2v) is 5.75. The number of aromatic hydroxyl groups is 1. The van der Waals surface area contributed by atoms with Gasteiger partial charge in [0.15, 0.2) is 0 Å². The lowest BCUT2D eigenvalue weighted by molar-refractivity contribution is -0.134. The maximum Gasteiger partial charge on any atom is 0.408 e. The van der Waals surface area contributed by atoms with E-state index in [1.165, 1.54) is 17.1 Å². The van der Waals surface area contributed by atoms with Crippen LogP contribution in [-0.2, 0) is 22.6 Å². The summed E-state index contributed by atoms with van der Waals surface area (Å²) in [7, 11) is 3.19. The molecule has 2 rings (SSSR count). The number of likely N-dealkylation sites (N-methyl/N-ethyl adjacent to an activating group) is 1. The highest BCUT2D eigenvalue weighted by Crippen LogP contribution is 2.12. The molecule has 0 aliphatic rings. The van der Waals surface area contributed by atoms with Crippen LogP contribution in [0.2, 0.25) is 0 Å². The molecule has 0 spiro atoms. The molecule has 0 unspecified atom stereocenters. The number of nitrogens with zero attached hydrogens (tertiary/aromatic N) is 1. The number of benzene rings is 2. The molecule has 0 aromatic heterocycles. The molecule has 2 amide bonds. The number of rotatable bonds is 7. The van der Waals surface area contributed by atoms with Crippen molar-refractivity contribution < 1.29 is 19.4 Å². The van der Waals surface area contributed by atoms with Crippen LogP contribution in [0.4, 0.5) is 4.79 Å². The first kappa shape index (κ1) is 19.3. The number of hydrogen-bond donors (Lipinski definition) is 3. The Kier molecular flexibility index (Phi) is 6.99. The van der Waals surface area contributed by atoms with Crippen LogP contribution in [0.1, 0.15) is 11.1 Å². The van der Waals surface area contributed by atoms with E-state index in [0.717, 1.165) is 11.1 Å². The predicted molar refractivity (Wildman–Crippen MR) is 97.2 cm³/mol. The van der Waals surface area contributed by atoms with E-state index < -0.39 is 12.1 Å². The van der Waals surface area contributed by atoms with E-state index >= 15 is 0 Å². The number of ether oxygens (including phenoxy) is 1. The Morgan fingerprint density at radius 2 is 1.73 bits per heavy atom. The van der Waals surface area contributed by atoms with Gasteiger partial charge in [-0.05, 0) is 23.3 Å². The lowest BCUT2D eigenvalue weighted by Gasteiger charge is -2.23. The predicted octanol–water partition coefficient (Wildman–Crippen LogP) is 1.82. The first-order chi connectivity index (χ1) is 12.5. The lowest BCUT2D eigenvalue weighted by atomic mass is 10.1. The molecule has 3 N–H and O–H groups in total. The van der Waals surface area contributed by atoms with Crippen molar-refractivity contribution in [3.05, 3.63) is 65.7 Å². The van der Waals surface area contributed by atoms with Crippen molar-refractivity contribution in [2.24, 2.45) is 0 Å². The van der Waals surface area contributed by atoms with Crippen LogP contribution in [0.15, 0.2) is 54.6 Å². The molecule has 7 nitrogen and oxygen atoms in total. The SMILES string of the molecule is CNN(C)C(=O)[C@H](Cc1ccc(O)cc1)NC(=O)OCc1ccccc1. The number of hydrogen-bond acceptors (Lipinski definition) is 5. The van der Waals surface area contributed by atoms with Gasteiger partial charge in [-0.1, -0.05) is 42.5 Å². The van der Waals surface area contributed by atoms with Gasteiger partial charge in [0.05, 0.1) is 0 Å². The lowest BCUT2D eigenvalue weighted by Crippen LogP contribution is -2.51. The number of alkyl carbamates (subject to hydrolysis) is 1. The van der Waals surface area contributed by atoms with Gasteiger partial charge in [-0.3, -0.25) is 9.80 Å². The monoisotopic (exact) mass is 357 g/mol. The molecule has 26 heavy (non-hydrogen) atoms. The summed E-state index contributed by atoms with van der Waals surface area (Å²) in [5, 5.41) is 13.3. The minimum atomic E-state index is -0.805. The largest absolute Gasteiger partial charge is 0.508 e. The molecule has 0 fully saturated rings. The van der Waals surface area contributed by atoms with E-state index in [-0.39, 0.29) is 24.7 Å². The van der Waals surface area contributed by atoms with Crippen LogP contribution in [0.3, 0.4) is 0 Å². The number of amides is 2. The zero-order chi connectivity index (χ0) is 18.9. The van der Waals surface area contributed by atoms with Crippen LogP contribution in [0.5, 0.6) is 5.75 Å². The zero-order valence-electron chi connectivity index (χ0n) is 14.8. The highest BCUT2D eigenvalue weighted by Gasteiger charge is 2.24. The third-order valence-corrected chi connectivity index (χ3v) is 3.85. The fourth-order valence-electron chi connectivity index (χ4n) is 2.32. The summed E-state index contributed by atoms with van der Waals surface area (Å²) in [6.45, 7) is 0.120. The zero-order valence-corrected chi connectivity index (χ0v) is 14.8. The molecule has 0 radical (unpaired) electrons. The van der Waals surface area contributed by atoms with Crippen molar-refractivity contribution in [2.75, 3.05) is 14.1 Å². The second-order valence-electron chi connectivity index (χ2n) is 5.75. The Morgan fingerprint density at radius 1 is 1.08 bits per heavy atom. The molecule has 0 bridgehead atoms. The normalized spacial score (nSPS) is 11.5. The standard InChI is InChI=1S/C19H23N3O4/c1-20-22(2)18(24)17(12-14-8-10-16(23)11-9-14)21-19(25)26-13-15-6-4-3-5-7-15/h3-11,17,20,23H,12-13H2,1-2H3,(H,21,25)/t17-/m0/s1. The maximum absolute atomic E-state index is 12.5. The van der Waals surface area contributed by atoms with Crippen LogP contribution in [-0.4, -0.2) is 42.3 Å². The molecule has 2 aromatic rings. The van der Waals surface area contributed by atoms with Crippen molar-refractivity contribution in [3.63, 3.8) is 0 Å². The van der Waals surface area contributed by atoms with Crippen molar-refractivity contribution in [1.29, 1.82) is 0 Å². The fraction of sp³-hybridized carbons (Fsp3) is 0.263. The summed E-state index contributed by atoms with van der Waals surface area (Å²) in [5.74, 6) is -0.170. The third kappa shape index (κ3) is 5.78. The molecule has 7 heteroatoms. The van der Waals surface area contributed by atoms with E-state index in [2.05, 4.69) is 10.7 Å². The third-order valence-electron chi connectivity index (χ3n) is 3.85. The highest BCUT2D eigenvalue weighted by atomic mass is 16.5. The molecule has 0 aliphatic carbocycles. The van der Waals surface area contributed by atoms with Crippen LogP contribution < -0.4 is 10.7 Å². The number of carbonyl (C=O) groups excluding carboxylic acids is 2. The van der Waals surface area contributed by atoms with Gasteiger partial charge in [-0.2, -0.15) is 0 Å². The van der Waals surface area contributed by atoms with Crippen molar-refractivity contribution >= 4 is 12.0 Å². The van der Waals surface area contributed by atoms with E-state index in [0.29, 0.717) is 0 Å². The quantitative estimate of drug-likeness (QED) is 0.658. The number of carbonyl (C=O) groups is 2. The molecular formula is C19H23N3O4. The summed E-state index contributed by atoms with van der Waals surface area (Å²) < 4.78 is 5.20. The Balaban J connectivity index is 2.01. The van der Waals surface area contributed by atoms with Gasteiger partial charge in [-0.15, -0.1) is 0 Å². The average Bonchev–Trinajstić information content (AvgIpc) is 2.67. The molecule has 0 heterocycles. The first-order valence-corrected chi connectivity index (χ1v) is 8.19. The summed E-state index contributed by atoms with van der Waals surface area (Å²) in [4.78, 5) is 24.6. The Morgan fingerprint density at radius 3 is 2.35 bits per heavy atom. The number of nitrogens with one attached hydrogen (secondary N) is 2. The molecule has 0 saturated carbocycles. The maximum atomic E-state index is 12.5. The summed E-state index contributed by atoms with van der Waals surface area (Å²) in [5.41, 5.74) is 4.38.